The van der Waals surface area contributed by atoms with Gasteiger partial charge in [-0.25, -0.2) is 5.43 Å². The average molecular weight is 394 g/mol. The summed E-state index contributed by atoms with van der Waals surface area (Å²) < 4.78 is 10.8. The first-order valence-electron chi connectivity index (χ1n) is 9.18. The number of nitrogens with zero attached hydrogens (tertiary/aromatic N) is 2. The maximum absolute atomic E-state index is 12.3. The number of hydrogen-bond acceptors (Lipinski definition) is 6. The van der Waals surface area contributed by atoms with Gasteiger partial charge in [-0.3, -0.25) is 9.89 Å². The van der Waals surface area contributed by atoms with Crippen molar-refractivity contribution in [3.8, 4) is 28.5 Å². The monoisotopic (exact) mass is 394 g/mol. The van der Waals surface area contributed by atoms with Crippen LogP contribution in [0.2, 0.25) is 0 Å². The Morgan fingerprint density at radius 2 is 2.00 bits per heavy atom. The van der Waals surface area contributed by atoms with E-state index in [4.69, 9.17) is 9.47 Å². The van der Waals surface area contributed by atoms with Crippen LogP contribution in [0.15, 0.2) is 53.6 Å². The summed E-state index contributed by atoms with van der Waals surface area (Å²) in [5.41, 5.74) is 4.85. The van der Waals surface area contributed by atoms with Crippen LogP contribution in [-0.2, 0) is 0 Å². The van der Waals surface area contributed by atoms with Crippen molar-refractivity contribution < 1.29 is 19.4 Å². The summed E-state index contributed by atoms with van der Waals surface area (Å²) in [6, 6.07) is 13.9. The van der Waals surface area contributed by atoms with E-state index in [2.05, 4.69) is 20.7 Å². The number of carbonyl (C=O) groups excluding carboxylic acids is 1. The van der Waals surface area contributed by atoms with Crippen molar-refractivity contribution in [1.82, 2.24) is 15.6 Å². The van der Waals surface area contributed by atoms with Crippen molar-refractivity contribution in [3.05, 3.63) is 59.8 Å². The molecule has 0 radical (unpaired) electrons. The van der Waals surface area contributed by atoms with E-state index in [9.17, 15) is 9.90 Å². The topological polar surface area (TPSA) is 109 Å². The van der Waals surface area contributed by atoms with Crippen molar-refractivity contribution >= 4 is 12.1 Å². The van der Waals surface area contributed by atoms with Gasteiger partial charge in [-0.2, -0.15) is 10.2 Å². The number of amides is 1. The van der Waals surface area contributed by atoms with Gasteiger partial charge in [0.1, 0.15) is 11.4 Å². The number of ether oxygens (including phenoxy) is 2. The van der Waals surface area contributed by atoms with E-state index < -0.39 is 5.91 Å². The lowest BCUT2D eigenvalue weighted by molar-refractivity contribution is 0.0950. The quantitative estimate of drug-likeness (QED) is 0.401. The normalized spacial score (nSPS) is 10.8. The molecule has 29 heavy (non-hydrogen) atoms. The molecule has 0 saturated carbocycles. The highest BCUT2D eigenvalue weighted by molar-refractivity contribution is 5.94. The van der Waals surface area contributed by atoms with Crippen LogP contribution in [-0.4, -0.2) is 40.6 Å². The summed E-state index contributed by atoms with van der Waals surface area (Å²) >= 11 is 0. The van der Waals surface area contributed by atoms with Crippen LogP contribution in [0.5, 0.6) is 17.2 Å². The summed E-state index contributed by atoms with van der Waals surface area (Å²) in [4.78, 5) is 12.3. The van der Waals surface area contributed by atoms with Gasteiger partial charge in [-0.1, -0.05) is 12.1 Å². The molecule has 0 fully saturated rings. The summed E-state index contributed by atoms with van der Waals surface area (Å²) in [5, 5.41) is 20.5. The number of aromatic nitrogens is 2. The molecular formula is C21H22N4O4. The van der Waals surface area contributed by atoms with Gasteiger partial charge in [-0.05, 0) is 55.8 Å². The molecule has 3 rings (SSSR count). The van der Waals surface area contributed by atoms with Crippen LogP contribution in [0.4, 0.5) is 0 Å². The highest BCUT2D eigenvalue weighted by atomic mass is 16.5. The number of hydrazone groups is 1. The molecule has 3 aromatic rings. The second-order valence-electron chi connectivity index (χ2n) is 5.99. The Balaban J connectivity index is 1.65. The van der Waals surface area contributed by atoms with Crippen LogP contribution in [0.25, 0.3) is 11.3 Å². The average Bonchev–Trinajstić information content (AvgIpc) is 3.21. The molecule has 8 heteroatoms. The molecule has 0 aliphatic heterocycles. The van der Waals surface area contributed by atoms with Gasteiger partial charge in [0.25, 0.3) is 5.91 Å². The Kier molecular flexibility index (Phi) is 6.47. The Morgan fingerprint density at radius 3 is 2.79 bits per heavy atom. The number of aromatic amines is 1. The van der Waals surface area contributed by atoms with Crippen LogP contribution >= 0.6 is 0 Å². The predicted molar refractivity (Wildman–Crippen MR) is 110 cm³/mol. The molecule has 0 spiro atoms. The smallest absolute Gasteiger partial charge is 0.289 e. The van der Waals surface area contributed by atoms with E-state index in [0.717, 1.165) is 11.3 Å². The van der Waals surface area contributed by atoms with E-state index in [1.807, 2.05) is 38.1 Å². The van der Waals surface area contributed by atoms with Gasteiger partial charge in [0.2, 0.25) is 0 Å². The summed E-state index contributed by atoms with van der Waals surface area (Å²) in [5.74, 6) is 0.718. The maximum atomic E-state index is 12.3. The molecule has 1 aromatic heterocycles. The molecule has 0 saturated heterocycles. The third kappa shape index (κ3) is 5.13. The van der Waals surface area contributed by atoms with Gasteiger partial charge in [0.15, 0.2) is 11.5 Å². The number of aromatic hydroxyl groups is 1. The van der Waals surface area contributed by atoms with Gasteiger partial charge >= 0.3 is 0 Å². The number of hydrogen-bond donors (Lipinski definition) is 3. The summed E-state index contributed by atoms with van der Waals surface area (Å²) in [6.07, 6.45) is 1.46. The zero-order valence-electron chi connectivity index (χ0n) is 16.2. The van der Waals surface area contributed by atoms with E-state index in [1.165, 1.54) is 12.3 Å². The van der Waals surface area contributed by atoms with Crippen molar-refractivity contribution in [2.24, 2.45) is 5.10 Å². The lowest BCUT2D eigenvalue weighted by Crippen LogP contribution is -2.18. The first-order valence-corrected chi connectivity index (χ1v) is 9.18. The highest BCUT2D eigenvalue weighted by Gasteiger charge is 2.11. The van der Waals surface area contributed by atoms with Crippen LogP contribution < -0.4 is 14.9 Å². The van der Waals surface area contributed by atoms with Crippen molar-refractivity contribution in [3.63, 3.8) is 0 Å². The minimum absolute atomic E-state index is 0.0476. The van der Waals surface area contributed by atoms with Gasteiger partial charge < -0.3 is 14.6 Å². The van der Waals surface area contributed by atoms with E-state index in [0.29, 0.717) is 30.2 Å². The summed E-state index contributed by atoms with van der Waals surface area (Å²) in [6.45, 7) is 4.75. The van der Waals surface area contributed by atoms with Crippen molar-refractivity contribution in [2.45, 2.75) is 13.8 Å². The molecule has 0 unspecified atom stereocenters. The third-order valence-electron chi connectivity index (χ3n) is 3.93. The first-order chi connectivity index (χ1) is 14.1. The minimum Gasteiger partial charge on any atom is -0.504 e. The Bertz CT molecular complexity index is 1010. The molecule has 3 N–H and O–H groups in total. The highest BCUT2D eigenvalue weighted by Crippen LogP contribution is 2.26. The third-order valence-corrected chi connectivity index (χ3v) is 3.93. The lowest BCUT2D eigenvalue weighted by Gasteiger charge is -2.05. The Morgan fingerprint density at radius 1 is 1.17 bits per heavy atom. The van der Waals surface area contributed by atoms with E-state index in [-0.39, 0.29) is 11.4 Å². The summed E-state index contributed by atoms with van der Waals surface area (Å²) in [7, 11) is 0. The number of benzene rings is 2. The molecule has 150 valence electrons. The molecule has 8 nitrogen and oxygen atoms in total. The molecule has 0 atom stereocenters. The first kappa shape index (κ1) is 19.9. The zero-order valence-corrected chi connectivity index (χ0v) is 16.2. The fourth-order valence-corrected chi connectivity index (χ4v) is 2.61. The standard InChI is InChI=1S/C21H22N4O4/c1-3-28-16-7-5-6-15(11-16)17-12-18(24-23-17)21(27)25-22-13-14-8-9-19(26)20(10-14)29-4-2/h5-13,26H,3-4H2,1-2H3,(H,23,24)(H,25,27). The van der Waals surface area contributed by atoms with Crippen LogP contribution in [0.3, 0.4) is 0 Å². The molecule has 1 heterocycles. The lowest BCUT2D eigenvalue weighted by atomic mass is 10.1. The molecule has 0 bridgehead atoms. The van der Waals surface area contributed by atoms with Gasteiger partial charge in [0.05, 0.1) is 25.1 Å². The van der Waals surface area contributed by atoms with Crippen LogP contribution in [0.1, 0.15) is 29.9 Å². The minimum atomic E-state index is -0.426. The Hall–Kier alpha value is -3.81. The number of carbonyl (C=O) groups is 1. The molecule has 1 amide bonds. The van der Waals surface area contributed by atoms with Crippen LogP contribution in [0, 0.1) is 0 Å². The molecule has 0 aliphatic carbocycles. The number of H-pyrrole nitrogens is 1. The fraction of sp³-hybridized carbons (Fsp3) is 0.190. The Labute approximate surface area is 168 Å². The second kappa shape index (κ2) is 9.41. The molecule has 0 aliphatic rings. The maximum Gasteiger partial charge on any atom is 0.289 e. The fourth-order valence-electron chi connectivity index (χ4n) is 2.61. The van der Waals surface area contributed by atoms with E-state index >= 15 is 0 Å². The SMILES string of the molecule is CCOc1cccc(-c2cc(C(=O)NN=Cc3ccc(O)c(OCC)c3)[nH]n2)c1. The molecule has 2 aromatic carbocycles. The molecular weight excluding hydrogens is 372 g/mol. The van der Waals surface area contributed by atoms with Crippen molar-refractivity contribution in [2.75, 3.05) is 13.2 Å². The largest absolute Gasteiger partial charge is 0.504 e. The number of phenols is 1. The number of rotatable bonds is 8. The predicted octanol–water partition coefficient (Wildman–Crippen LogP) is 3.34. The zero-order chi connectivity index (χ0) is 20.6. The second-order valence-corrected chi connectivity index (χ2v) is 5.99. The number of phenolic OH excluding ortho intramolecular Hbond substituents is 1. The van der Waals surface area contributed by atoms with E-state index in [1.54, 1.807) is 18.2 Å². The number of nitrogens with one attached hydrogen (secondary N) is 2. The van der Waals surface area contributed by atoms with Gasteiger partial charge in [0, 0.05) is 5.56 Å². The van der Waals surface area contributed by atoms with Crippen molar-refractivity contribution in [1.29, 1.82) is 0 Å². The van der Waals surface area contributed by atoms with Gasteiger partial charge in [-0.15, -0.1) is 0 Å².